The maximum atomic E-state index is 12.5. The molecule has 1 saturated heterocycles. The Labute approximate surface area is 148 Å². The number of hydrogen-bond donors (Lipinski definition) is 1. The largest absolute Gasteiger partial charge is 0.497 e. The van der Waals surface area contributed by atoms with Crippen molar-refractivity contribution in [3.63, 3.8) is 0 Å². The van der Waals surface area contributed by atoms with Gasteiger partial charge in [-0.1, -0.05) is 6.92 Å². The number of H-pyrrole nitrogens is 1. The van der Waals surface area contributed by atoms with E-state index in [0.717, 1.165) is 69.2 Å². The monoisotopic (exact) mass is 344 g/mol. The third-order valence-electron chi connectivity index (χ3n) is 5.58. The molecule has 0 radical (unpaired) electrons. The van der Waals surface area contributed by atoms with Gasteiger partial charge in [-0.2, -0.15) is 0 Å². The number of aromatic nitrogens is 2. The van der Waals surface area contributed by atoms with Gasteiger partial charge in [0.2, 0.25) is 5.95 Å². The first-order valence-corrected chi connectivity index (χ1v) is 9.59. The maximum absolute atomic E-state index is 12.5. The quantitative estimate of drug-likeness (QED) is 0.909. The lowest BCUT2D eigenvalue weighted by Crippen LogP contribution is -2.42. The van der Waals surface area contributed by atoms with E-state index in [9.17, 15) is 4.79 Å². The molecule has 0 amide bonds. The number of fused-ring (bicyclic) bond motifs is 1. The first-order chi connectivity index (χ1) is 12.2. The van der Waals surface area contributed by atoms with Gasteiger partial charge in [0.1, 0.15) is 6.10 Å². The van der Waals surface area contributed by atoms with E-state index in [2.05, 4.69) is 27.8 Å². The molecule has 1 N–H and O–H groups in total. The van der Waals surface area contributed by atoms with Gasteiger partial charge in [0, 0.05) is 38.3 Å². The number of hydrogen-bond acceptors (Lipinski definition) is 5. The lowest BCUT2D eigenvalue weighted by Gasteiger charge is -2.34. The van der Waals surface area contributed by atoms with Crippen LogP contribution in [0.4, 0.5) is 5.95 Å². The summed E-state index contributed by atoms with van der Waals surface area (Å²) < 4.78 is 5.70. The third-order valence-corrected chi connectivity index (χ3v) is 5.58. The average molecular weight is 344 g/mol. The Bertz CT molecular complexity index is 699. The smallest absolute Gasteiger partial charge is 0.255 e. The molecular formula is C19H28N4O2. The number of nitrogens with one attached hydrogen (secondary N) is 1. The Kier molecular flexibility index (Phi) is 4.79. The Morgan fingerprint density at radius 2 is 2.28 bits per heavy atom. The summed E-state index contributed by atoms with van der Waals surface area (Å²) in [6.45, 7) is 6.80. The van der Waals surface area contributed by atoms with Crippen molar-refractivity contribution in [2.45, 2.75) is 51.7 Å². The van der Waals surface area contributed by atoms with Crippen molar-refractivity contribution in [1.82, 2.24) is 14.9 Å². The fraction of sp³-hybridized carbons (Fsp3) is 0.684. The highest BCUT2D eigenvalue weighted by Gasteiger charge is 2.26. The van der Waals surface area contributed by atoms with Gasteiger partial charge in [0.25, 0.3) is 5.56 Å². The van der Waals surface area contributed by atoms with Crippen LogP contribution in [0.1, 0.15) is 43.9 Å². The molecule has 0 bridgehead atoms. The molecule has 1 aromatic rings. The lowest BCUT2D eigenvalue weighted by atomic mass is 10.0. The zero-order chi connectivity index (χ0) is 17.2. The van der Waals surface area contributed by atoms with E-state index in [1.807, 2.05) is 6.26 Å². The molecule has 4 heterocycles. The first-order valence-electron chi connectivity index (χ1n) is 9.59. The van der Waals surface area contributed by atoms with E-state index in [4.69, 9.17) is 9.72 Å². The Morgan fingerprint density at radius 3 is 3.08 bits per heavy atom. The van der Waals surface area contributed by atoms with Gasteiger partial charge in [0.05, 0.1) is 12.0 Å². The van der Waals surface area contributed by atoms with E-state index < -0.39 is 0 Å². The fourth-order valence-corrected chi connectivity index (χ4v) is 4.18. The van der Waals surface area contributed by atoms with Crippen molar-refractivity contribution < 1.29 is 4.74 Å². The third kappa shape index (κ3) is 3.73. The van der Waals surface area contributed by atoms with Gasteiger partial charge in [-0.05, 0) is 44.1 Å². The lowest BCUT2D eigenvalue weighted by molar-refractivity contribution is 0.0731. The van der Waals surface area contributed by atoms with E-state index in [0.29, 0.717) is 5.92 Å². The highest BCUT2D eigenvalue weighted by molar-refractivity contribution is 5.35. The van der Waals surface area contributed by atoms with Crippen molar-refractivity contribution in [3.8, 4) is 0 Å². The molecule has 6 nitrogen and oxygen atoms in total. The number of piperidine rings is 1. The van der Waals surface area contributed by atoms with Crippen LogP contribution in [0.2, 0.25) is 0 Å². The zero-order valence-corrected chi connectivity index (χ0v) is 15.0. The Hall–Kier alpha value is -1.82. The summed E-state index contributed by atoms with van der Waals surface area (Å²) in [5, 5.41) is 0. The van der Waals surface area contributed by atoms with E-state index in [1.54, 1.807) is 0 Å². The normalized spacial score (nSPS) is 27.0. The Morgan fingerprint density at radius 1 is 1.36 bits per heavy atom. The number of anilines is 1. The molecule has 3 aliphatic heterocycles. The van der Waals surface area contributed by atoms with Gasteiger partial charge in [0.15, 0.2) is 0 Å². The summed E-state index contributed by atoms with van der Waals surface area (Å²) in [6, 6.07) is 0. The van der Waals surface area contributed by atoms with E-state index >= 15 is 0 Å². The molecule has 2 unspecified atom stereocenters. The number of nitrogens with zero attached hydrogens (tertiary/aromatic N) is 3. The van der Waals surface area contributed by atoms with Crippen LogP contribution >= 0.6 is 0 Å². The molecule has 3 aliphatic rings. The highest BCUT2D eigenvalue weighted by Crippen LogP contribution is 2.22. The average Bonchev–Trinajstić information content (AvgIpc) is 2.62. The molecule has 4 rings (SSSR count). The molecule has 0 aliphatic carbocycles. The molecule has 25 heavy (non-hydrogen) atoms. The second kappa shape index (κ2) is 7.20. The van der Waals surface area contributed by atoms with E-state index in [1.165, 1.54) is 12.8 Å². The topological polar surface area (TPSA) is 61.5 Å². The van der Waals surface area contributed by atoms with Crippen LogP contribution in [-0.4, -0.2) is 47.2 Å². The predicted octanol–water partition coefficient (Wildman–Crippen LogP) is 2.06. The van der Waals surface area contributed by atoms with Gasteiger partial charge >= 0.3 is 0 Å². The van der Waals surface area contributed by atoms with Crippen LogP contribution < -0.4 is 10.5 Å². The first kappa shape index (κ1) is 16.6. The van der Waals surface area contributed by atoms with Crippen molar-refractivity contribution in [2.24, 2.45) is 5.92 Å². The number of ether oxygens (including phenoxy) is 1. The minimum absolute atomic E-state index is 0.0507. The van der Waals surface area contributed by atoms with Crippen LogP contribution in [0, 0.1) is 5.92 Å². The van der Waals surface area contributed by atoms with Crippen molar-refractivity contribution in [1.29, 1.82) is 0 Å². The summed E-state index contributed by atoms with van der Waals surface area (Å²) in [6.07, 6.45) is 9.52. The van der Waals surface area contributed by atoms with Gasteiger partial charge in [-0.25, -0.2) is 4.98 Å². The molecule has 2 atom stereocenters. The summed E-state index contributed by atoms with van der Waals surface area (Å²) >= 11 is 0. The standard InChI is InChI=1S/C19H28N4O2/c1-14-5-4-8-23(11-14)19-20-17-13-22(9-7-16(17)18(24)21-19)12-15-6-2-3-10-25-15/h3,10,14-15H,2,4-9,11-13H2,1H3,(H,20,21,24). The molecular weight excluding hydrogens is 316 g/mol. The van der Waals surface area contributed by atoms with Crippen LogP contribution in [0.15, 0.2) is 17.1 Å². The molecule has 136 valence electrons. The SMILES string of the molecule is CC1CCCN(c2nc3c(c(=O)[nH]2)CCN(CC2CCC=CO2)C3)C1. The van der Waals surface area contributed by atoms with Gasteiger partial charge in [-0.3, -0.25) is 14.7 Å². The fourth-order valence-electron chi connectivity index (χ4n) is 4.18. The predicted molar refractivity (Wildman–Crippen MR) is 97.7 cm³/mol. The van der Waals surface area contributed by atoms with E-state index in [-0.39, 0.29) is 11.7 Å². The maximum Gasteiger partial charge on any atom is 0.255 e. The summed E-state index contributed by atoms with van der Waals surface area (Å²) in [4.78, 5) is 25.0. The highest BCUT2D eigenvalue weighted by atomic mass is 16.5. The Balaban J connectivity index is 1.50. The van der Waals surface area contributed by atoms with Crippen molar-refractivity contribution >= 4 is 5.95 Å². The minimum atomic E-state index is 0.0507. The number of allylic oxidation sites excluding steroid dienone is 1. The summed E-state index contributed by atoms with van der Waals surface area (Å²) in [5.74, 6) is 1.41. The van der Waals surface area contributed by atoms with Crippen LogP contribution in [-0.2, 0) is 17.7 Å². The van der Waals surface area contributed by atoms with Gasteiger partial charge in [-0.15, -0.1) is 0 Å². The number of aromatic amines is 1. The van der Waals surface area contributed by atoms with Crippen LogP contribution in [0.5, 0.6) is 0 Å². The molecule has 0 saturated carbocycles. The summed E-state index contributed by atoms with van der Waals surface area (Å²) in [5.41, 5.74) is 1.87. The molecule has 0 aromatic carbocycles. The minimum Gasteiger partial charge on any atom is -0.497 e. The van der Waals surface area contributed by atoms with Crippen LogP contribution in [0.3, 0.4) is 0 Å². The second-order valence-corrected chi connectivity index (χ2v) is 7.70. The molecule has 6 heteroatoms. The van der Waals surface area contributed by atoms with Crippen LogP contribution in [0.25, 0.3) is 0 Å². The molecule has 0 spiro atoms. The van der Waals surface area contributed by atoms with Crippen molar-refractivity contribution in [3.05, 3.63) is 33.9 Å². The molecule has 1 aromatic heterocycles. The molecule has 1 fully saturated rings. The van der Waals surface area contributed by atoms with Gasteiger partial charge < -0.3 is 9.64 Å². The number of rotatable bonds is 3. The summed E-state index contributed by atoms with van der Waals surface area (Å²) in [7, 11) is 0. The second-order valence-electron chi connectivity index (χ2n) is 7.70. The zero-order valence-electron chi connectivity index (χ0n) is 15.0. The van der Waals surface area contributed by atoms with Crippen molar-refractivity contribution in [2.75, 3.05) is 31.1 Å².